The van der Waals surface area contributed by atoms with E-state index in [0.29, 0.717) is 0 Å². The van der Waals surface area contributed by atoms with E-state index in [0.717, 1.165) is 45.1 Å². The molecule has 1 aromatic heterocycles. The van der Waals surface area contributed by atoms with E-state index in [4.69, 9.17) is 11.0 Å². The molecule has 1 spiro atoms. The second-order valence-corrected chi connectivity index (χ2v) is 12.1. The van der Waals surface area contributed by atoms with Crippen molar-refractivity contribution in [1.29, 1.82) is 0 Å². The normalized spacial score (nSPS) is 16.0. The molecule has 1 nitrogen and oxygen atoms in total. The van der Waals surface area contributed by atoms with Crippen molar-refractivity contribution in [3.63, 3.8) is 0 Å². The monoisotopic (exact) mass is 574 g/mol. The van der Waals surface area contributed by atoms with Crippen molar-refractivity contribution >= 4 is 21.9 Å². The number of furan rings is 1. The minimum atomic E-state index is -0.488. The summed E-state index contributed by atoms with van der Waals surface area (Å²) in [5.74, 6) is 0. The molecule has 0 amide bonds. The van der Waals surface area contributed by atoms with Crippen LogP contribution in [0.2, 0.25) is 0 Å². The van der Waals surface area contributed by atoms with E-state index < -0.39 is 5.41 Å². The van der Waals surface area contributed by atoms with Gasteiger partial charge in [-0.05, 0) is 80.3 Å². The molecule has 212 valence electrons. The molecule has 7 aromatic rings. The molecule has 0 unspecified atom stereocenters. The number of allylic oxidation sites excluding steroid dienone is 5. The molecule has 0 radical (unpaired) electrons. The maximum atomic E-state index is 6.41. The van der Waals surface area contributed by atoms with Crippen molar-refractivity contribution in [2.45, 2.75) is 11.8 Å². The Morgan fingerprint density at radius 1 is 0.533 bits per heavy atom. The van der Waals surface area contributed by atoms with Gasteiger partial charge in [0.25, 0.3) is 0 Å². The lowest BCUT2D eigenvalue weighted by atomic mass is 9.65. The van der Waals surface area contributed by atoms with E-state index in [-0.39, 0.29) is 0 Å². The van der Waals surface area contributed by atoms with Crippen molar-refractivity contribution in [3.05, 3.63) is 192 Å². The Labute approximate surface area is 263 Å². The zero-order valence-corrected chi connectivity index (χ0v) is 24.8. The average molecular weight is 575 g/mol. The van der Waals surface area contributed by atoms with Gasteiger partial charge in [0.05, 0.1) is 5.41 Å². The largest absolute Gasteiger partial charge is 0.455 e. The Kier molecular flexibility index (Phi) is 5.70. The summed E-state index contributed by atoms with van der Waals surface area (Å²) in [6.45, 7) is 4.76. The van der Waals surface area contributed by atoms with E-state index in [1.54, 1.807) is 0 Å². The van der Waals surface area contributed by atoms with Crippen molar-refractivity contribution in [2.75, 3.05) is 0 Å². The number of para-hydroxylation sites is 2. The maximum Gasteiger partial charge on any atom is 0.143 e. The molecule has 0 bridgehead atoms. The van der Waals surface area contributed by atoms with Gasteiger partial charge in [-0.15, -0.1) is 0 Å². The number of fused-ring (bicyclic) bond motifs is 10. The van der Waals surface area contributed by atoms with Crippen molar-refractivity contribution in [1.82, 2.24) is 0 Å². The topological polar surface area (TPSA) is 13.1 Å². The summed E-state index contributed by atoms with van der Waals surface area (Å²) in [7, 11) is 0. The van der Waals surface area contributed by atoms with E-state index in [9.17, 15) is 0 Å². The van der Waals surface area contributed by atoms with Gasteiger partial charge in [0, 0.05) is 16.3 Å². The van der Waals surface area contributed by atoms with Crippen LogP contribution >= 0.6 is 0 Å². The number of hydrogen-bond donors (Lipinski definition) is 0. The Hall–Kier alpha value is -5.66. The summed E-state index contributed by atoms with van der Waals surface area (Å²) >= 11 is 0. The molecular formula is C44H30O. The Morgan fingerprint density at radius 3 is 2.04 bits per heavy atom. The van der Waals surface area contributed by atoms with Crippen LogP contribution < -0.4 is 0 Å². The molecule has 2 aliphatic rings. The first-order chi connectivity index (χ1) is 22.2. The second-order valence-electron chi connectivity index (χ2n) is 12.1. The number of benzene rings is 6. The summed E-state index contributed by atoms with van der Waals surface area (Å²) in [5, 5.41) is 2.29. The van der Waals surface area contributed by atoms with Crippen LogP contribution in [0.4, 0.5) is 0 Å². The first-order valence-electron chi connectivity index (χ1n) is 15.6. The highest BCUT2D eigenvalue weighted by Crippen LogP contribution is 2.57. The Bertz CT molecular complexity index is 2330. The molecule has 45 heavy (non-hydrogen) atoms. The highest BCUT2D eigenvalue weighted by molar-refractivity contribution is 6.09. The van der Waals surface area contributed by atoms with Crippen LogP contribution in [0.25, 0.3) is 55.3 Å². The first kappa shape index (κ1) is 25.8. The third kappa shape index (κ3) is 3.74. The van der Waals surface area contributed by atoms with E-state index >= 15 is 0 Å². The Balaban J connectivity index is 1.27. The smallest absolute Gasteiger partial charge is 0.143 e. The van der Waals surface area contributed by atoms with Crippen molar-refractivity contribution in [2.24, 2.45) is 0 Å². The van der Waals surface area contributed by atoms with Gasteiger partial charge in [-0.3, -0.25) is 0 Å². The number of hydrogen-bond acceptors (Lipinski definition) is 1. The van der Waals surface area contributed by atoms with E-state index in [1.165, 1.54) is 44.5 Å². The lowest BCUT2D eigenvalue weighted by Crippen LogP contribution is -2.30. The fourth-order valence-electron chi connectivity index (χ4n) is 7.74. The molecule has 1 heterocycles. The van der Waals surface area contributed by atoms with Gasteiger partial charge in [0.2, 0.25) is 0 Å². The van der Waals surface area contributed by atoms with Crippen LogP contribution in [-0.2, 0) is 11.8 Å². The third-order valence-corrected chi connectivity index (χ3v) is 9.74. The molecule has 0 aliphatic heterocycles. The molecule has 2 aliphatic carbocycles. The molecule has 0 saturated carbocycles. The van der Waals surface area contributed by atoms with E-state index in [2.05, 4.69) is 146 Å². The molecule has 0 fully saturated rings. The predicted octanol–water partition coefficient (Wildman–Crippen LogP) is 11.5. The van der Waals surface area contributed by atoms with Gasteiger partial charge >= 0.3 is 0 Å². The van der Waals surface area contributed by atoms with Crippen LogP contribution in [0.15, 0.2) is 174 Å². The molecule has 6 aromatic carbocycles. The quantitative estimate of drug-likeness (QED) is 0.200. The van der Waals surface area contributed by atoms with Crippen LogP contribution in [0, 0.1) is 0 Å². The van der Waals surface area contributed by atoms with Crippen LogP contribution in [0.5, 0.6) is 0 Å². The lowest BCUT2D eigenvalue weighted by Gasteiger charge is -2.36. The van der Waals surface area contributed by atoms with Gasteiger partial charge in [-0.2, -0.15) is 0 Å². The summed E-state index contributed by atoms with van der Waals surface area (Å²) in [5.41, 5.74) is 14.8. The second kappa shape index (κ2) is 9.94. The third-order valence-electron chi connectivity index (χ3n) is 9.74. The maximum absolute atomic E-state index is 6.41. The van der Waals surface area contributed by atoms with Crippen LogP contribution in [-0.4, -0.2) is 0 Å². The van der Waals surface area contributed by atoms with Crippen LogP contribution in [0.3, 0.4) is 0 Å². The van der Waals surface area contributed by atoms with Gasteiger partial charge < -0.3 is 4.42 Å². The van der Waals surface area contributed by atoms with Crippen molar-refractivity contribution < 1.29 is 4.42 Å². The zero-order valence-electron chi connectivity index (χ0n) is 24.8. The molecule has 1 heteroatoms. The molecule has 0 saturated heterocycles. The molecule has 0 atom stereocenters. The number of rotatable bonds is 2. The zero-order chi connectivity index (χ0) is 30.0. The standard InChI is InChI=1S/C44H30O/c1-29-13-3-2-4-14-30-25-26-32(28-41(30)44(29)39-22-8-5-17-35(39)36-18-6-9-23-40(36)44)31-15-11-16-33(27-31)34-20-12-21-38-37-19-7-10-24-42(37)45-43(34)38/h2-13,15-28H,1,14H2/b4-2-,13-3-. The fourth-order valence-corrected chi connectivity index (χ4v) is 7.74. The van der Waals surface area contributed by atoms with Crippen LogP contribution in [0.1, 0.15) is 22.3 Å². The fraction of sp³-hybridized carbons (Fsp3) is 0.0455. The van der Waals surface area contributed by atoms with Crippen molar-refractivity contribution in [3.8, 4) is 33.4 Å². The molecule has 9 rings (SSSR count). The molecular weight excluding hydrogens is 544 g/mol. The highest BCUT2D eigenvalue weighted by atomic mass is 16.3. The minimum Gasteiger partial charge on any atom is -0.455 e. The molecule has 0 N–H and O–H groups in total. The van der Waals surface area contributed by atoms with Gasteiger partial charge in [-0.25, -0.2) is 0 Å². The van der Waals surface area contributed by atoms with Gasteiger partial charge in [0.1, 0.15) is 11.2 Å². The average Bonchev–Trinajstić information content (AvgIpc) is 3.64. The summed E-state index contributed by atoms with van der Waals surface area (Å²) < 4.78 is 6.41. The first-order valence-corrected chi connectivity index (χ1v) is 15.6. The predicted molar refractivity (Wildman–Crippen MR) is 187 cm³/mol. The summed E-state index contributed by atoms with van der Waals surface area (Å²) in [4.78, 5) is 0. The van der Waals surface area contributed by atoms with E-state index in [1.807, 2.05) is 12.1 Å². The highest BCUT2D eigenvalue weighted by Gasteiger charge is 2.47. The van der Waals surface area contributed by atoms with Gasteiger partial charge in [0.15, 0.2) is 0 Å². The Morgan fingerprint density at radius 2 is 1.20 bits per heavy atom. The summed E-state index contributed by atoms with van der Waals surface area (Å²) in [6, 6.07) is 48.4. The lowest BCUT2D eigenvalue weighted by molar-refractivity contribution is 0.670. The minimum absolute atomic E-state index is 0.488. The summed E-state index contributed by atoms with van der Waals surface area (Å²) in [6.07, 6.45) is 9.60. The SMILES string of the molecule is C=C1/C=C\C=C/Cc2ccc(-c3cccc(-c4cccc5c4oc4ccccc45)c3)cc2C12c1ccccc1-c1ccccc12. The van der Waals surface area contributed by atoms with Gasteiger partial charge in [-0.1, -0.05) is 146 Å².